The molecule has 4 heteroatoms. The van der Waals surface area contributed by atoms with Gasteiger partial charge in [-0.2, -0.15) is 0 Å². The Bertz CT molecular complexity index is 528. The van der Waals surface area contributed by atoms with Crippen molar-refractivity contribution in [3.63, 3.8) is 0 Å². The molecule has 100 valence electrons. The summed E-state index contributed by atoms with van der Waals surface area (Å²) in [6.07, 6.45) is 5.30. The molecule has 0 bridgehead atoms. The van der Waals surface area contributed by atoms with Crippen LogP contribution in [0.15, 0.2) is 47.2 Å². The number of methoxy groups -OCH3 is 1. The summed E-state index contributed by atoms with van der Waals surface area (Å²) in [6.45, 7) is 0. The van der Waals surface area contributed by atoms with Crippen LogP contribution >= 0.6 is 15.9 Å². The minimum absolute atomic E-state index is 0.0875. The van der Waals surface area contributed by atoms with E-state index in [0.717, 1.165) is 28.6 Å². The van der Waals surface area contributed by atoms with Gasteiger partial charge in [-0.05, 0) is 58.1 Å². The molecule has 1 atom stereocenters. The van der Waals surface area contributed by atoms with Crippen molar-refractivity contribution in [2.24, 2.45) is 5.73 Å². The Morgan fingerprint density at radius 1 is 1.16 bits per heavy atom. The molecule has 0 radical (unpaired) electrons. The first-order chi connectivity index (χ1) is 9.17. The number of pyridine rings is 1. The van der Waals surface area contributed by atoms with E-state index >= 15 is 0 Å². The summed E-state index contributed by atoms with van der Waals surface area (Å²) in [5, 5.41) is 0. The molecule has 0 aliphatic carbocycles. The van der Waals surface area contributed by atoms with E-state index < -0.39 is 0 Å². The molecular weight excluding hydrogens is 304 g/mol. The van der Waals surface area contributed by atoms with Crippen LogP contribution in [0.1, 0.15) is 11.1 Å². The second kappa shape index (κ2) is 6.68. The van der Waals surface area contributed by atoms with Crippen molar-refractivity contribution in [3.05, 3.63) is 58.3 Å². The number of rotatable bonds is 5. The molecule has 0 amide bonds. The minimum Gasteiger partial charge on any atom is -0.497 e. The average molecular weight is 321 g/mol. The largest absolute Gasteiger partial charge is 0.497 e. The second-order valence-corrected chi connectivity index (χ2v) is 5.44. The lowest BCUT2D eigenvalue weighted by atomic mass is 10.0. The first-order valence-corrected chi connectivity index (χ1v) is 6.94. The van der Waals surface area contributed by atoms with Crippen molar-refractivity contribution in [1.82, 2.24) is 4.98 Å². The van der Waals surface area contributed by atoms with E-state index in [9.17, 15) is 0 Å². The van der Waals surface area contributed by atoms with Crippen LogP contribution in [0.3, 0.4) is 0 Å². The summed E-state index contributed by atoms with van der Waals surface area (Å²) >= 11 is 3.42. The molecule has 1 aromatic heterocycles. The van der Waals surface area contributed by atoms with Crippen molar-refractivity contribution in [1.29, 1.82) is 0 Å². The number of aromatic nitrogens is 1. The molecule has 0 aliphatic rings. The maximum Gasteiger partial charge on any atom is 0.118 e. The van der Waals surface area contributed by atoms with Gasteiger partial charge in [-0.3, -0.25) is 4.98 Å². The number of hydrogen-bond donors (Lipinski definition) is 1. The highest BCUT2D eigenvalue weighted by Crippen LogP contribution is 2.15. The fourth-order valence-electron chi connectivity index (χ4n) is 2.01. The fourth-order valence-corrected chi connectivity index (χ4v) is 2.42. The molecule has 0 saturated carbocycles. The van der Waals surface area contributed by atoms with Gasteiger partial charge in [0.15, 0.2) is 0 Å². The highest BCUT2D eigenvalue weighted by Gasteiger charge is 2.06. The molecule has 1 heterocycles. The predicted molar refractivity (Wildman–Crippen MR) is 80.3 cm³/mol. The van der Waals surface area contributed by atoms with E-state index in [1.165, 1.54) is 5.56 Å². The van der Waals surface area contributed by atoms with Crippen LogP contribution in [0.5, 0.6) is 5.75 Å². The average Bonchev–Trinajstić information content (AvgIpc) is 2.39. The van der Waals surface area contributed by atoms with E-state index in [1.807, 2.05) is 18.3 Å². The van der Waals surface area contributed by atoms with E-state index in [2.05, 4.69) is 39.1 Å². The van der Waals surface area contributed by atoms with Crippen LogP contribution in [0.2, 0.25) is 0 Å². The number of nitrogens with two attached hydrogens (primary N) is 1. The molecule has 0 saturated heterocycles. The van der Waals surface area contributed by atoms with Crippen molar-refractivity contribution in [2.75, 3.05) is 7.11 Å². The summed E-state index contributed by atoms with van der Waals surface area (Å²) in [6, 6.07) is 10.2. The third-order valence-electron chi connectivity index (χ3n) is 2.92. The van der Waals surface area contributed by atoms with E-state index in [-0.39, 0.29) is 6.04 Å². The lowest BCUT2D eigenvalue weighted by Crippen LogP contribution is -2.25. The SMILES string of the molecule is COc1ccc(CC(N)Cc2cncc(Br)c2)cc1. The summed E-state index contributed by atoms with van der Waals surface area (Å²) in [7, 11) is 1.67. The third kappa shape index (κ3) is 4.33. The first kappa shape index (κ1) is 14.0. The molecule has 0 spiro atoms. The Morgan fingerprint density at radius 2 is 1.84 bits per heavy atom. The zero-order chi connectivity index (χ0) is 13.7. The molecule has 1 unspecified atom stereocenters. The van der Waals surface area contributed by atoms with Gasteiger partial charge in [-0.25, -0.2) is 0 Å². The maximum absolute atomic E-state index is 6.18. The molecule has 19 heavy (non-hydrogen) atoms. The van der Waals surface area contributed by atoms with Crippen LogP contribution in [-0.4, -0.2) is 18.1 Å². The Kier molecular flexibility index (Phi) is 4.93. The van der Waals surface area contributed by atoms with E-state index in [4.69, 9.17) is 10.5 Å². The third-order valence-corrected chi connectivity index (χ3v) is 3.35. The van der Waals surface area contributed by atoms with E-state index in [1.54, 1.807) is 13.3 Å². The normalized spacial score (nSPS) is 12.2. The summed E-state index contributed by atoms with van der Waals surface area (Å²) < 4.78 is 6.13. The summed E-state index contributed by atoms with van der Waals surface area (Å²) in [5.74, 6) is 0.869. The van der Waals surface area contributed by atoms with Crippen LogP contribution in [0.25, 0.3) is 0 Å². The molecule has 2 N–H and O–H groups in total. The van der Waals surface area contributed by atoms with Gasteiger partial charge >= 0.3 is 0 Å². The van der Waals surface area contributed by atoms with Crippen LogP contribution < -0.4 is 10.5 Å². The number of halogens is 1. The van der Waals surface area contributed by atoms with Crippen molar-refractivity contribution in [3.8, 4) is 5.75 Å². The number of nitrogens with zero attached hydrogens (tertiary/aromatic N) is 1. The smallest absolute Gasteiger partial charge is 0.118 e. The van der Waals surface area contributed by atoms with Crippen LogP contribution in [-0.2, 0) is 12.8 Å². The van der Waals surface area contributed by atoms with Gasteiger partial charge in [0.1, 0.15) is 5.75 Å². The molecule has 0 fully saturated rings. The molecule has 2 aromatic rings. The topological polar surface area (TPSA) is 48.1 Å². The molecule has 2 rings (SSSR count). The molecule has 1 aromatic carbocycles. The van der Waals surface area contributed by atoms with Gasteiger partial charge in [0, 0.05) is 22.9 Å². The predicted octanol–water partition coefficient (Wildman–Crippen LogP) is 2.97. The highest BCUT2D eigenvalue weighted by molar-refractivity contribution is 9.10. The molecular formula is C15H17BrN2O. The van der Waals surface area contributed by atoms with Gasteiger partial charge in [0.2, 0.25) is 0 Å². The van der Waals surface area contributed by atoms with Gasteiger partial charge in [0.25, 0.3) is 0 Å². The molecule has 3 nitrogen and oxygen atoms in total. The highest BCUT2D eigenvalue weighted by atomic mass is 79.9. The second-order valence-electron chi connectivity index (χ2n) is 4.53. The van der Waals surface area contributed by atoms with Crippen molar-refractivity contribution >= 4 is 15.9 Å². The molecule has 0 aliphatic heterocycles. The van der Waals surface area contributed by atoms with E-state index in [0.29, 0.717) is 0 Å². The standard InChI is InChI=1S/C15H17BrN2O/c1-19-15-4-2-11(3-5-15)7-14(17)8-12-6-13(16)10-18-9-12/h2-6,9-10,14H,7-8,17H2,1H3. The zero-order valence-corrected chi connectivity index (χ0v) is 12.4. The maximum atomic E-state index is 6.18. The van der Waals surface area contributed by atoms with Crippen molar-refractivity contribution in [2.45, 2.75) is 18.9 Å². The van der Waals surface area contributed by atoms with Gasteiger partial charge in [0.05, 0.1) is 7.11 Å². The lowest BCUT2D eigenvalue weighted by molar-refractivity contribution is 0.414. The number of hydrogen-bond acceptors (Lipinski definition) is 3. The van der Waals surface area contributed by atoms with Crippen LogP contribution in [0.4, 0.5) is 0 Å². The van der Waals surface area contributed by atoms with Gasteiger partial charge in [-0.15, -0.1) is 0 Å². The fraction of sp³-hybridized carbons (Fsp3) is 0.267. The minimum atomic E-state index is 0.0875. The zero-order valence-electron chi connectivity index (χ0n) is 10.8. The summed E-state index contributed by atoms with van der Waals surface area (Å²) in [5.41, 5.74) is 8.55. The Labute approximate surface area is 121 Å². The van der Waals surface area contributed by atoms with Gasteiger partial charge in [-0.1, -0.05) is 12.1 Å². The summed E-state index contributed by atoms with van der Waals surface area (Å²) in [4.78, 5) is 4.15. The van der Waals surface area contributed by atoms with Crippen LogP contribution in [0, 0.1) is 0 Å². The van der Waals surface area contributed by atoms with Gasteiger partial charge < -0.3 is 10.5 Å². The monoisotopic (exact) mass is 320 g/mol. The lowest BCUT2D eigenvalue weighted by Gasteiger charge is -2.12. The number of ether oxygens (including phenoxy) is 1. The Morgan fingerprint density at radius 3 is 2.47 bits per heavy atom. The first-order valence-electron chi connectivity index (χ1n) is 6.15. The Balaban J connectivity index is 1.95. The van der Waals surface area contributed by atoms with Crippen molar-refractivity contribution < 1.29 is 4.74 Å². The quantitative estimate of drug-likeness (QED) is 0.921. The number of benzene rings is 1. The Hall–Kier alpha value is -1.39.